The monoisotopic (exact) mass is 634 g/mol. The molecule has 9 nitrogen and oxygen atoms in total. The Morgan fingerprint density at radius 3 is 1.60 bits per heavy atom. The molecular formula is C38H42N4O5. The third kappa shape index (κ3) is 10.7. The lowest BCUT2D eigenvalue weighted by molar-refractivity contribution is 0.112. The second-order valence-electron chi connectivity index (χ2n) is 9.92. The number of ether oxygens (including phenoxy) is 3. The fraction of sp³-hybridized carbons (Fsp3) is 0.158. The largest absolute Gasteiger partial charge is 0.497 e. The molecule has 0 amide bonds. The van der Waals surface area contributed by atoms with E-state index in [0.717, 1.165) is 52.5 Å². The number of benzene rings is 5. The van der Waals surface area contributed by atoms with Gasteiger partial charge in [-0.05, 0) is 97.4 Å². The van der Waals surface area contributed by atoms with Crippen LogP contribution in [0, 0.1) is 0 Å². The Morgan fingerprint density at radius 1 is 0.681 bits per heavy atom. The Morgan fingerprint density at radius 2 is 1.13 bits per heavy atom. The standard InChI is InChI=1S/C22H20N2O2.C8H8O2.C6H8N2.C2H6O/c1-25-18-11-7-16(8-12-18)15-24-21-6-4-3-5-20(21)23-22(24)17-9-13-19(26-2)14-10-17;1-10-8-4-2-7(6-9)3-5-8;7-5-3-1-2-4-6(5)8;1-2-3/h3-14H,15H2,1-2H3;2-6H,1H3;1-4H,7-8H2;3H,2H2,1H3. The number of methoxy groups -OCH3 is 3. The highest BCUT2D eigenvalue weighted by Gasteiger charge is 2.13. The van der Waals surface area contributed by atoms with Crippen molar-refractivity contribution in [2.75, 3.05) is 39.4 Å². The minimum atomic E-state index is 0.250. The van der Waals surface area contributed by atoms with Gasteiger partial charge in [-0.3, -0.25) is 4.79 Å². The number of nitrogen functional groups attached to an aromatic ring is 2. The third-order valence-electron chi connectivity index (χ3n) is 6.75. The van der Waals surface area contributed by atoms with E-state index in [2.05, 4.69) is 22.8 Å². The highest BCUT2D eigenvalue weighted by molar-refractivity contribution is 5.81. The number of anilines is 2. The molecule has 9 heteroatoms. The number of para-hydroxylation sites is 4. The fourth-order valence-corrected chi connectivity index (χ4v) is 4.30. The van der Waals surface area contributed by atoms with Crippen LogP contribution in [0.25, 0.3) is 22.4 Å². The van der Waals surface area contributed by atoms with Crippen molar-refractivity contribution in [1.82, 2.24) is 9.55 Å². The van der Waals surface area contributed by atoms with Crippen molar-refractivity contribution < 1.29 is 24.1 Å². The third-order valence-corrected chi connectivity index (χ3v) is 6.75. The number of aliphatic hydroxyl groups excluding tert-OH is 1. The number of hydrogen-bond donors (Lipinski definition) is 3. The molecule has 0 unspecified atom stereocenters. The number of aliphatic hydroxyl groups is 1. The molecule has 0 aliphatic carbocycles. The number of nitrogens with two attached hydrogens (primary N) is 2. The van der Waals surface area contributed by atoms with Gasteiger partial charge in [0.1, 0.15) is 29.4 Å². The van der Waals surface area contributed by atoms with Gasteiger partial charge in [0.15, 0.2) is 0 Å². The molecule has 0 saturated carbocycles. The number of hydrogen-bond acceptors (Lipinski definition) is 8. The summed E-state index contributed by atoms with van der Waals surface area (Å²) in [5, 5.41) is 7.57. The molecule has 0 aliphatic heterocycles. The first-order chi connectivity index (χ1) is 22.9. The lowest BCUT2D eigenvalue weighted by Crippen LogP contribution is -2.02. The second-order valence-corrected chi connectivity index (χ2v) is 9.92. The maximum Gasteiger partial charge on any atom is 0.150 e. The maximum atomic E-state index is 10.2. The molecule has 1 heterocycles. The summed E-state index contributed by atoms with van der Waals surface area (Å²) in [6.45, 7) is 2.67. The number of carbonyl (C=O) groups is 1. The van der Waals surface area contributed by atoms with E-state index < -0.39 is 0 Å². The van der Waals surface area contributed by atoms with Gasteiger partial charge < -0.3 is 35.4 Å². The Balaban J connectivity index is 0.000000233. The fourth-order valence-electron chi connectivity index (χ4n) is 4.30. The smallest absolute Gasteiger partial charge is 0.150 e. The number of aromatic nitrogens is 2. The van der Waals surface area contributed by atoms with Crippen molar-refractivity contribution in [1.29, 1.82) is 0 Å². The van der Waals surface area contributed by atoms with Crippen molar-refractivity contribution in [2.45, 2.75) is 13.5 Å². The Labute approximate surface area is 276 Å². The van der Waals surface area contributed by atoms with E-state index >= 15 is 0 Å². The average molecular weight is 635 g/mol. The van der Waals surface area contributed by atoms with Crippen LogP contribution in [0.1, 0.15) is 22.8 Å². The van der Waals surface area contributed by atoms with Crippen LogP contribution in [0.15, 0.2) is 121 Å². The first-order valence-corrected chi connectivity index (χ1v) is 14.9. The minimum Gasteiger partial charge on any atom is -0.497 e. The van der Waals surface area contributed by atoms with Crippen molar-refractivity contribution in [2.24, 2.45) is 0 Å². The van der Waals surface area contributed by atoms with Gasteiger partial charge in [0.05, 0.1) is 43.7 Å². The van der Waals surface area contributed by atoms with Crippen LogP contribution < -0.4 is 25.7 Å². The van der Waals surface area contributed by atoms with Gasteiger partial charge in [0, 0.05) is 24.3 Å². The highest BCUT2D eigenvalue weighted by atomic mass is 16.5. The van der Waals surface area contributed by atoms with E-state index in [1.807, 2.05) is 66.7 Å². The molecule has 5 aromatic carbocycles. The van der Waals surface area contributed by atoms with Gasteiger partial charge in [0.25, 0.3) is 0 Å². The minimum absolute atomic E-state index is 0.250. The molecular weight excluding hydrogens is 592 g/mol. The zero-order valence-electron chi connectivity index (χ0n) is 27.2. The lowest BCUT2D eigenvalue weighted by atomic mass is 10.2. The molecule has 0 saturated heterocycles. The summed E-state index contributed by atoms with van der Waals surface area (Å²) in [5.74, 6) is 3.42. The first-order valence-electron chi connectivity index (χ1n) is 14.9. The zero-order chi connectivity index (χ0) is 34.0. The zero-order valence-corrected chi connectivity index (χ0v) is 27.2. The number of carbonyl (C=O) groups excluding carboxylic acids is 1. The number of nitrogens with zero attached hydrogens (tertiary/aromatic N) is 2. The van der Waals surface area contributed by atoms with Crippen molar-refractivity contribution in [3.05, 3.63) is 132 Å². The maximum absolute atomic E-state index is 10.2. The Bertz CT molecular complexity index is 1760. The van der Waals surface area contributed by atoms with Gasteiger partial charge in [-0.2, -0.15) is 0 Å². The van der Waals surface area contributed by atoms with Crippen molar-refractivity contribution in [3.63, 3.8) is 0 Å². The van der Waals surface area contributed by atoms with Crippen LogP contribution in [0.2, 0.25) is 0 Å². The predicted octanol–water partition coefficient (Wildman–Crippen LogP) is 7.13. The normalized spacial score (nSPS) is 9.81. The van der Waals surface area contributed by atoms with Crippen LogP contribution in [0.5, 0.6) is 17.2 Å². The van der Waals surface area contributed by atoms with Crippen molar-refractivity contribution in [3.8, 4) is 28.6 Å². The summed E-state index contributed by atoms with van der Waals surface area (Å²) in [5.41, 5.74) is 17.1. The molecule has 0 bridgehead atoms. The summed E-state index contributed by atoms with van der Waals surface area (Å²) in [7, 11) is 4.95. The molecule has 1 aromatic heterocycles. The quantitative estimate of drug-likeness (QED) is 0.125. The van der Waals surface area contributed by atoms with Crippen LogP contribution in [0.3, 0.4) is 0 Å². The van der Waals surface area contributed by atoms with Crippen molar-refractivity contribution >= 4 is 28.7 Å². The van der Waals surface area contributed by atoms with E-state index in [1.54, 1.807) is 64.7 Å². The first kappa shape index (κ1) is 35.7. The average Bonchev–Trinajstić information content (AvgIpc) is 3.49. The number of aldehydes is 1. The molecule has 0 fully saturated rings. The SMILES string of the molecule is CCO.COc1ccc(C=O)cc1.COc1ccc(Cn2c(-c3ccc(OC)cc3)nc3ccccc32)cc1.Nc1ccccc1N. The van der Waals surface area contributed by atoms with E-state index in [-0.39, 0.29) is 6.61 Å². The summed E-state index contributed by atoms with van der Waals surface area (Å²) < 4.78 is 17.7. The summed E-state index contributed by atoms with van der Waals surface area (Å²) >= 11 is 0. The number of imidazole rings is 1. The predicted molar refractivity (Wildman–Crippen MR) is 190 cm³/mol. The lowest BCUT2D eigenvalue weighted by Gasteiger charge is -2.11. The highest BCUT2D eigenvalue weighted by Crippen LogP contribution is 2.27. The van der Waals surface area contributed by atoms with E-state index in [9.17, 15) is 4.79 Å². The van der Waals surface area contributed by atoms with Crippen LogP contribution >= 0.6 is 0 Å². The summed E-state index contributed by atoms with van der Waals surface area (Å²) in [6.07, 6.45) is 0.805. The molecule has 6 aromatic rings. The molecule has 47 heavy (non-hydrogen) atoms. The molecule has 0 aliphatic rings. The summed E-state index contributed by atoms with van der Waals surface area (Å²) in [4.78, 5) is 15.0. The molecule has 5 N–H and O–H groups in total. The van der Waals surface area contributed by atoms with E-state index in [0.29, 0.717) is 16.9 Å². The topological polar surface area (TPSA) is 135 Å². The van der Waals surface area contributed by atoms with Gasteiger partial charge in [-0.25, -0.2) is 4.98 Å². The molecule has 6 rings (SSSR count). The molecule has 0 radical (unpaired) electrons. The molecule has 0 spiro atoms. The second kappa shape index (κ2) is 18.9. The van der Waals surface area contributed by atoms with Gasteiger partial charge in [0.2, 0.25) is 0 Å². The Kier molecular flexibility index (Phi) is 14.3. The molecule has 0 atom stereocenters. The number of rotatable bonds is 7. The van der Waals surface area contributed by atoms with Gasteiger partial charge in [-0.15, -0.1) is 0 Å². The van der Waals surface area contributed by atoms with E-state index in [1.165, 1.54) is 5.56 Å². The van der Waals surface area contributed by atoms with Gasteiger partial charge >= 0.3 is 0 Å². The Hall–Kier alpha value is -5.80. The van der Waals surface area contributed by atoms with Crippen LogP contribution in [-0.2, 0) is 6.54 Å². The molecule has 244 valence electrons. The van der Waals surface area contributed by atoms with E-state index in [4.69, 9.17) is 35.8 Å². The van der Waals surface area contributed by atoms with Crippen LogP contribution in [0.4, 0.5) is 11.4 Å². The number of fused-ring (bicyclic) bond motifs is 1. The van der Waals surface area contributed by atoms with Gasteiger partial charge in [-0.1, -0.05) is 36.4 Å². The van der Waals surface area contributed by atoms with Crippen LogP contribution in [-0.4, -0.2) is 48.9 Å². The summed E-state index contributed by atoms with van der Waals surface area (Å²) in [6, 6.07) is 38.6.